The Balaban J connectivity index is 2.70. The molecular formula is C12H17N3O4. The Morgan fingerprint density at radius 1 is 1.37 bits per heavy atom. The maximum Gasteiger partial charge on any atom is 0.323 e. The molecule has 1 atom stereocenters. The Kier molecular flexibility index (Phi) is 5.93. The number of nitriles is 1. The number of nitrogens with zero attached hydrogens (tertiary/aromatic N) is 3. The number of carbonyl (C=O) groups is 2. The summed E-state index contributed by atoms with van der Waals surface area (Å²) in [6, 6.07) is -0.171. The van der Waals surface area contributed by atoms with Gasteiger partial charge in [-0.3, -0.25) is 9.59 Å². The zero-order valence-corrected chi connectivity index (χ0v) is 10.6. The molecule has 1 aliphatic rings. The highest BCUT2D eigenvalue weighted by Gasteiger charge is 2.29. The lowest BCUT2D eigenvalue weighted by atomic mass is 9.89. The molecule has 0 aromatic heterocycles. The maximum absolute atomic E-state index is 11.9. The highest BCUT2D eigenvalue weighted by molar-refractivity contribution is 5.87. The molecule has 0 spiro atoms. The SMILES string of the molecule is N#CC(N=O)C(=O)N(CC(=O)O)CC1CCCCC1. The topological polar surface area (TPSA) is 111 Å². The molecule has 1 rings (SSSR count). The third kappa shape index (κ3) is 4.66. The molecule has 7 nitrogen and oxygen atoms in total. The molecule has 1 amide bonds. The molecule has 0 aromatic carbocycles. The van der Waals surface area contributed by atoms with E-state index in [0.29, 0.717) is 0 Å². The molecular weight excluding hydrogens is 250 g/mol. The van der Waals surface area contributed by atoms with Crippen LogP contribution in [0.2, 0.25) is 0 Å². The van der Waals surface area contributed by atoms with E-state index in [1.54, 1.807) is 0 Å². The van der Waals surface area contributed by atoms with Gasteiger partial charge in [-0.15, -0.1) is 4.91 Å². The Labute approximate surface area is 111 Å². The number of carboxylic acids is 1. The molecule has 104 valence electrons. The summed E-state index contributed by atoms with van der Waals surface area (Å²) in [5.74, 6) is -1.74. The standard InChI is InChI=1S/C12H17N3O4/c13-6-10(14-19)12(18)15(8-11(16)17)7-9-4-2-1-3-5-9/h9-10H,1-5,7-8H2,(H,16,17). The Hall–Kier alpha value is -1.97. The van der Waals surface area contributed by atoms with E-state index in [2.05, 4.69) is 5.18 Å². The molecule has 1 saturated carbocycles. The van der Waals surface area contributed by atoms with E-state index in [9.17, 15) is 14.5 Å². The van der Waals surface area contributed by atoms with Gasteiger partial charge < -0.3 is 10.0 Å². The molecule has 0 aromatic rings. The van der Waals surface area contributed by atoms with Crippen molar-refractivity contribution in [2.75, 3.05) is 13.1 Å². The highest BCUT2D eigenvalue weighted by Crippen LogP contribution is 2.24. The molecule has 1 aliphatic carbocycles. The van der Waals surface area contributed by atoms with Gasteiger partial charge in [0.25, 0.3) is 11.9 Å². The smallest absolute Gasteiger partial charge is 0.323 e. The Bertz CT molecular complexity index is 385. The van der Waals surface area contributed by atoms with Crippen molar-refractivity contribution >= 4 is 11.9 Å². The van der Waals surface area contributed by atoms with Crippen molar-refractivity contribution in [3.63, 3.8) is 0 Å². The fourth-order valence-corrected chi connectivity index (χ4v) is 2.37. The Morgan fingerprint density at radius 2 is 2.00 bits per heavy atom. The molecule has 0 bridgehead atoms. The van der Waals surface area contributed by atoms with Crippen LogP contribution in [-0.2, 0) is 9.59 Å². The molecule has 7 heteroatoms. The minimum Gasteiger partial charge on any atom is -0.480 e. The van der Waals surface area contributed by atoms with Crippen LogP contribution in [0.15, 0.2) is 5.18 Å². The van der Waals surface area contributed by atoms with Crippen LogP contribution in [0, 0.1) is 22.2 Å². The van der Waals surface area contributed by atoms with E-state index in [0.717, 1.165) is 37.0 Å². The van der Waals surface area contributed by atoms with Crippen LogP contribution < -0.4 is 0 Å². The van der Waals surface area contributed by atoms with Crippen LogP contribution in [0.25, 0.3) is 0 Å². The first-order valence-electron chi connectivity index (χ1n) is 6.31. The number of rotatable bonds is 6. The van der Waals surface area contributed by atoms with E-state index in [1.165, 1.54) is 6.07 Å². The van der Waals surface area contributed by atoms with Gasteiger partial charge in [-0.25, -0.2) is 0 Å². The lowest BCUT2D eigenvalue weighted by Gasteiger charge is -2.28. The predicted octanol–water partition coefficient (Wildman–Crippen LogP) is 1.14. The van der Waals surface area contributed by atoms with Crippen LogP contribution in [0.5, 0.6) is 0 Å². The van der Waals surface area contributed by atoms with Gasteiger partial charge in [0, 0.05) is 6.54 Å². The summed E-state index contributed by atoms with van der Waals surface area (Å²) in [4.78, 5) is 34.1. The van der Waals surface area contributed by atoms with Crippen LogP contribution in [0.3, 0.4) is 0 Å². The summed E-state index contributed by atoms with van der Waals surface area (Å²) < 4.78 is 0. The van der Waals surface area contributed by atoms with Crippen molar-refractivity contribution in [3.05, 3.63) is 4.91 Å². The number of carboxylic acid groups (broad SMARTS) is 1. The van der Waals surface area contributed by atoms with Crippen LogP contribution >= 0.6 is 0 Å². The lowest BCUT2D eigenvalue weighted by Crippen LogP contribution is -2.43. The zero-order chi connectivity index (χ0) is 14.3. The van der Waals surface area contributed by atoms with E-state index in [1.807, 2.05) is 0 Å². The molecule has 1 fully saturated rings. The number of amides is 1. The zero-order valence-electron chi connectivity index (χ0n) is 10.6. The van der Waals surface area contributed by atoms with E-state index >= 15 is 0 Å². The van der Waals surface area contributed by atoms with Crippen molar-refractivity contribution in [1.82, 2.24) is 4.90 Å². The summed E-state index contributed by atoms with van der Waals surface area (Å²) in [6.45, 7) is -0.220. The first kappa shape index (κ1) is 15.1. The van der Waals surface area contributed by atoms with Gasteiger partial charge in [0.1, 0.15) is 12.6 Å². The van der Waals surface area contributed by atoms with Gasteiger partial charge in [0.2, 0.25) is 0 Å². The van der Waals surface area contributed by atoms with Gasteiger partial charge in [0.15, 0.2) is 0 Å². The van der Waals surface area contributed by atoms with Gasteiger partial charge in [-0.2, -0.15) is 5.26 Å². The van der Waals surface area contributed by atoms with Gasteiger partial charge in [0.05, 0.1) is 0 Å². The second kappa shape index (κ2) is 7.46. The van der Waals surface area contributed by atoms with Gasteiger partial charge in [-0.1, -0.05) is 19.3 Å². The van der Waals surface area contributed by atoms with Gasteiger partial charge >= 0.3 is 5.97 Å². The Morgan fingerprint density at radius 3 is 2.47 bits per heavy atom. The van der Waals surface area contributed by atoms with Crippen molar-refractivity contribution in [2.45, 2.75) is 38.1 Å². The summed E-state index contributed by atoms with van der Waals surface area (Å²) in [5.41, 5.74) is 0. The molecule has 0 heterocycles. The number of hydrogen-bond donors (Lipinski definition) is 1. The quantitative estimate of drug-likeness (QED) is 0.725. The largest absolute Gasteiger partial charge is 0.480 e. The highest BCUT2D eigenvalue weighted by atomic mass is 16.4. The summed E-state index contributed by atoms with van der Waals surface area (Å²) in [5, 5.41) is 19.9. The fraction of sp³-hybridized carbons (Fsp3) is 0.750. The molecule has 1 unspecified atom stereocenters. The third-order valence-electron chi connectivity index (χ3n) is 3.30. The third-order valence-corrected chi connectivity index (χ3v) is 3.30. The molecule has 1 N–H and O–H groups in total. The second-order valence-electron chi connectivity index (χ2n) is 4.75. The number of carbonyl (C=O) groups excluding carboxylic acids is 1. The predicted molar refractivity (Wildman–Crippen MR) is 66.0 cm³/mol. The normalized spacial score (nSPS) is 17.2. The molecule has 0 aliphatic heterocycles. The summed E-state index contributed by atoms with van der Waals surface area (Å²) >= 11 is 0. The average Bonchev–Trinajstić information content (AvgIpc) is 2.40. The van der Waals surface area contributed by atoms with Crippen LogP contribution in [-0.4, -0.2) is 41.0 Å². The van der Waals surface area contributed by atoms with E-state index in [4.69, 9.17) is 10.4 Å². The minimum atomic E-state index is -1.65. The maximum atomic E-state index is 11.9. The number of hydrogen-bond acceptors (Lipinski definition) is 5. The van der Waals surface area contributed by atoms with Crippen molar-refractivity contribution in [3.8, 4) is 6.07 Å². The fourth-order valence-electron chi connectivity index (χ4n) is 2.37. The average molecular weight is 267 g/mol. The number of nitroso groups, excluding NO2 is 1. The first-order valence-corrected chi connectivity index (χ1v) is 6.31. The minimum absolute atomic E-state index is 0.239. The van der Waals surface area contributed by atoms with Crippen LogP contribution in [0.1, 0.15) is 32.1 Å². The van der Waals surface area contributed by atoms with Crippen LogP contribution in [0.4, 0.5) is 0 Å². The number of aliphatic carboxylic acids is 1. The van der Waals surface area contributed by atoms with Gasteiger partial charge in [-0.05, 0) is 23.9 Å². The van der Waals surface area contributed by atoms with E-state index in [-0.39, 0.29) is 12.5 Å². The monoisotopic (exact) mass is 267 g/mol. The van der Waals surface area contributed by atoms with Crippen molar-refractivity contribution in [2.24, 2.45) is 11.1 Å². The summed E-state index contributed by atoms with van der Waals surface area (Å²) in [6.07, 6.45) is 5.16. The molecule has 0 saturated heterocycles. The summed E-state index contributed by atoms with van der Waals surface area (Å²) in [7, 11) is 0. The van der Waals surface area contributed by atoms with E-state index < -0.39 is 24.5 Å². The lowest BCUT2D eigenvalue weighted by molar-refractivity contribution is -0.145. The first-order chi connectivity index (χ1) is 9.08. The van der Waals surface area contributed by atoms with Crippen molar-refractivity contribution in [1.29, 1.82) is 5.26 Å². The second-order valence-corrected chi connectivity index (χ2v) is 4.75. The molecule has 0 radical (unpaired) electrons. The van der Waals surface area contributed by atoms with Crippen molar-refractivity contribution < 1.29 is 14.7 Å². The molecule has 19 heavy (non-hydrogen) atoms.